The average molecular weight is 424 g/mol. The summed E-state index contributed by atoms with van der Waals surface area (Å²) < 4.78 is 0. The third kappa shape index (κ3) is 2.63. The summed E-state index contributed by atoms with van der Waals surface area (Å²) in [4.78, 5) is 77.3. The molecule has 0 aliphatic carbocycles. The predicted octanol–water partition coefficient (Wildman–Crippen LogP) is 2.56. The smallest absolute Gasteiger partial charge is 0.268 e. The lowest BCUT2D eigenvalue weighted by Crippen LogP contribution is -2.37. The van der Waals surface area contributed by atoms with E-state index in [1.54, 1.807) is 24.3 Å². The molecule has 0 saturated carbocycles. The summed E-state index contributed by atoms with van der Waals surface area (Å²) in [6.07, 6.45) is 0. The van der Waals surface area contributed by atoms with Crippen molar-refractivity contribution in [1.82, 2.24) is 9.80 Å². The van der Waals surface area contributed by atoms with Gasteiger partial charge in [0.15, 0.2) is 0 Å². The molecule has 8 heteroatoms. The van der Waals surface area contributed by atoms with E-state index < -0.39 is 35.4 Å². The van der Waals surface area contributed by atoms with Gasteiger partial charge in [0.1, 0.15) is 0 Å². The van der Waals surface area contributed by atoms with E-state index >= 15 is 0 Å². The highest BCUT2D eigenvalue weighted by atomic mass is 16.2. The third-order valence-corrected chi connectivity index (χ3v) is 5.35. The maximum atomic E-state index is 13.0. The van der Waals surface area contributed by atoms with Crippen molar-refractivity contribution in [3.8, 4) is 0 Å². The SMILES string of the molecule is O=C(c1cccc(C(=O)N2C(=O)c3ccccc3C2=O)c1)N1C(=O)c2ccccc2C1=O. The number of carbonyl (C=O) groups is 6. The molecule has 0 atom stereocenters. The quantitative estimate of drug-likeness (QED) is 0.585. The van der Waals surface area contributed by atoms with Gasteiger partial charge in [-0.25, -0.2) is 9.80 Å². The summed E-state index contributed by atoms with van der Waals surface area (Å²) in [5.74, 6) is -4.85. The molecule has 0 bridgehead atoms. The Kier molecular flexibility index (Phi) is 4.16. The van der Waals surface area contributed by atoms with Crippen molar-refractivity contribution in [3.63, 3.8) is 0 Å². The highest BCUT2D eigenvalue weighted by Gasteiger charge is 2.42. The number of nitrogens with zero attached hydrogens (tertiary/aromatic N) is 2. The van der Waals surface area contributed by atoms with E-state index in [4.69, 9.17) is 0 Å². The molecule has 0 unspecified atom stereocenters. The Morgan fingerprint density at radius 2 is 0.781 bits per heavy atom. The molecule has 2 heterocycles. The fraction of sp³-hybridized carbons (Fsp3) is 0. The van der Waals surface area contributed by atoms with Crippen LogP contribution in [-0.4, -0.2) is 45.2 Å². The zero-order valence-electron chi connectivity index (χ0n) is 16.3. The molecule has 32 heavy (non-hydrogen) atoms. The maximum Gasteiger partial charge on any atom is 0.268 e. The molecule has 3 aromatic rings. The number of fused-ring (bicyclic) bond motifs is 2. The van der Waals surface area contributed by atoms with Crippen molar-refractivity contribution >= 4 is 35.4 Å². The largest absolute Gasteiger partial charge is 0.268 e. The van der Waals surface area contributed by atoms with Crippen molar-refractivity contribution in [3.05, 3.63) is 106 Å². The second kappa shape index (κ2) is 6.92. The second-order valence-corrected chi connectivity index (χ2v) is 7.17. The van der Waals surface area contributed by atoms with E-state index in [9.17, 15) is 28.8 Å². The van der Waals surface area contributed by atoms with E-state index in [-0.39, 0.29) is 33.4 Å². The lowest BCUT2D eigenvalue weighted by Gasteiger charge is -2.14. The van der Waals surface area contributed by atoms with Gasteiger partial charge in [-0.3, -0.25) is 28.8 Å². The van der Waals surface area contributed by atoms with E-state index in [1.807, 2.05) is 0 Å². The maximum absolute atomic E-state index is 13.0. The molecule has 0 fully saturated rings. The fourth-order valence-corrected chi connectivity index (χ4v) is 3.79. The Morgan fingerprint density at radius 1 is 0.469 bits per heavy atom. The van der Waals surface area contributed by atoms with Crippen LogP contribution in [0.5, 0.6) is 0 Å². The molecule has 8 nitrogen and oxygen atoms in total. The molecule has 3 aromatic carbocycles. The van der Waals surface area contributed by atoms with Gasteiger partial charge in [0, 0.05) is 11.1 Å². The Hall–Kier alpha value is -4.72. The van der Waals surface area contributed by atoms with Gasteiger partial charge in [-0.15, -0.1) is 0 Å². The van der Waals surface area contributed by atoms with E-state index in [2.05, 4.69) is 0 Å². The highest BCUT2D eigenvalue weighted by Crippen LogP contribution is 2.26. The van der Waals surface area contributed by atoms with Gasteiger partial charge in [0.2, 0.25) is 0 Å². The number of imide groups is 6. The molecule has 0 spiro atoms. The first-order chi connectivity index (χ1) is 15.4. The first-order valence-corrected chi connectivity index (χ1v) is 9.54. The molecule has 0 radical (unpaired) electrons. The lowest BCUT2D eigenvalue weighted by atomic mass is 10.1. The van der Waals surface area contributed by atoms with Crippen LogP contribution >= 0.6 is 0 Å². The number of benzene rings is 3. The zero-order chi connectivity index (χ0) is 22.6. The molecule has 0 N–H and O–H groups in total. The predicted molar refractivity (Wildman–Crippen MR) is 109 cm³/mol. The Balaban J connectivity index is 1.46. The van der Waals surface area contributed by atoms with Gasteiger partial charge in [-0.05, 0) is 42.5 Å². The van der Waals surface area contributed by atoms with E-state index in [0.29, 0.717) is 9.80 Å². The number of hydrogen-bond acceptors (Lipinski definition) is 6. The van der Waals surface area contributed by atoms with Crippen molar-refractivity contribution in [2.45, 2.75) is 0 Å². The molecule has 0 aromatic heterocycles. The number of amides is 6. The molecular formula is C24H12N2O6. The van der Waals surface area contributed by atoms with E-state index in [1.165, 1.54) is 42.5 Å². The van der Waals surface area contributed by atoms with Gasteiger partial charge < -0.3 is 0 Å². The topological polar surface area (TPSA) is 109 Å². The summed E-state index contributed by atoms with van der Waals surface area (Å²) in [7, 11) is 0. The van der Waals surface area contributed by atoms with Crippen LogP contribution in [0.3, 0.4) is 0 Å². The van der Waals surface area contributed by atoms with Gasteiger partial charge in [-0.2, -0.15) is 0 Å². The van der Waals surface area contributed by atoms with Crippen LogP contribution < -0.4 is 0 Å². The highest BCUT2D eigenvalue weighted by molar-refractivity contribution is 6.32. The summed E-state index contributed by atoms with van der Waals surface area (Å²) in [5.41, 5.74) is 0.241. The van der Waals surface area contributed by atoms with Crippen LogP contribution in [-0.2, 0) is 0 Å². The molecular weight excluding hydrogens is 412 g/mol. The zero-order valence-corrected chi connectivity index (χ0v) is 16.3. The second-order valence-electron chi connectivity index (χ2n) is 7.17. The summed E-state index contributed by atoms with van der Waals surface area (Å²) in [5, 5.41) is 0. The minimum atomic E-state index is -0.909. The van der Waals surface area contributed by atoms with Crippen LogP contribution in [0.1, 0.15) is 62.1 Å². The van der Waals surface area contributed by atoms with Gasteiger partial charge in [0.25, 0.3) is 35.4 Å². The molecule has 2 aliphatic heterocycles. The van der Waals surface area contributed by atoms with Crippen LogP contribution in [0.15, 0.2) is 72.8 Å². The molecule has 6 amide bonds. The van der Waals surface area contributed by atoms with Crippen LogP contribution in [0.2, 0.25) is 0 Å². The van der Waals surface area contributed by atoms with E-state index in [0.717, 1.165) is 6.07 Å². The van der Waals surface area contributed by atoms with Crippen molar-refractivity contribution in [2.75, 3.05) is 0 Å². The first kappa shape index (κ1) is 19.3. The van der Waals surface area contributed by atoms with Crippen molar-refractivity contribution in [2.24, 2.45) is 0 Å². The van der Waals surface area contributed by atoms with Gasteiger partial charge >= 0.3 is 0 Å². The summed E-state index contributed by atoms with van der Waals surface area (Å²) in [6.45, 7) is 0. The Labute approximate surface area is 180 Å². The van der Waals surface area contributed by atoms with Gasteiger partial charge in [-0.1, -0.05) is 30.3 Å². The van der Waals surface area contributed by atoms with Crippen LogP contribution in [0.4, 0.5) is 0 Å². The molecule has 0 saturated heterocycles. The lowest BCUT2D eigenvalue weighted by molar-refractivity contribution is 0.0546. The molecule has 2 aliphatic rings. The minimum absolute atomic E-state index is 0.109. The van der Waals surface area contributed by atoms with Crippen LogP contribution in [0.25, 0.3) is 0 Å². The van der Waals surface area contributed by atoms with Crippen LogP contribution in [0, 0.1) is 0 Å². The summed E-state index contributed by atoms with van der Waals surface area (Å²) >= 11 is 0. The molecule has 154 valence electrons. The third-order valence-electron chi connectivity index (χ3n) is 5.35. The first-order valence-electron chi connectivity index (χ1n) is 9.54. The standard InChI is InChI=1S/C24H12N2O6/c27-19(25-21(29)15-8-1-2-9-16(15)22(25)30)13-6-5-7-14(12-13)20(28)26-23(31)17-10-3-4-11-18(17)24(26)32/h1-12H. The number of rotatable bonds is 2. The summed E-state index contributed by atoms with van der Waals surface area (Å²) in [6, 6.07) is 17.3. The Bertz CT molecular complexity index is 1230. The molecule has 5 rings (SSSR count). The normalized spacial score (nSPS) is 14.6. The monoisotopic (exact) mass is 424 g/mol. The number of hydrogen-bond donors (Lipinski definition) is 0. The number of carbonyl (C=O) groups excluding carboxylic acids is 6. The van der Waals surface area contributed by atoms with Gasteiger partial charge in [0.05, 0.1) is 22.3 Å². The average Bonchev–Trinajstić information content (AvgIpc) is 3.23. The van der Waals surface area contributed by atoms with Crippen molar-refractivity contribution < 1.29 is 28.8 Å². The minimum Gasteiger partial charge on any atom is -0.268 e. The Morgan fingerprint density at radius 3 is 1.09 bits per heavy atom. The van der Waals surface area contributed by atoms with Crippen molar-refractivity contribution in [1.29, 1.82) is 0 Å². The fourth-order valence-electron chi connectivity index (χ4n) is 3.79.